The van der Waals surface area contributed by atoms with E-state index < -0.39 is 10.8 Å². The molecule has 6 nitrogen and oxygen atoms in total. The van der Waals surface area contributed by atoms with Gasteiger partial charge in [-0.25, -0.2) is 9.97 Å². The van der Waals surface area contributed by atoms with Crippen LogP contribution in [0.15, 0.2) is 0 Å². The van der Waals surface area contributed by atoms with Crippen LogP contribution in [0.2, 0.25) is 0 Å². The molecule has 3 rings (SSSR count). The van der Waals surface area contributed by atoms with Crippen LogP contribution in [0.3, 0.4) is 0 Å². The van der Waals surface area contributed by atoms with Gasteiger partial charge >= 0.3 is 5.97 Å². The molecule has 0 unspecified atom stereocenters. The largest absolute Gasteiger partial charge is 0.468 e. The average molecular weight is 296 g/mol. The van der Waals surface area contributed by atoms with Crippen LogP contribution in [0.1, 0.15) is 56.4 Å². The minimum atomic E-state index is -0.904. The van der Waals surface area contributed by atoms with Crippen molar-refractivity contribution >= 4 is 5.97 Å². The van der Waals surface area contributed by atoms with Gasteiger partial charge in [-0.2, -0.15) is 10.5 Å². The molecule has 0 radical (unpaired) electrons. The fraction of sp³-hybridized carbons (Fsp3) is 0.562. The molecule has 6 heteroatoms. The number of ether oxygens (including phenoxy) is 1. The van der Waals surface area contributed by atoms with Gasteiger partial charge in [-0.05, 0) is 18.3 Å². The zero-order valence-electron chi connectivity index (χ0n) is 13.0. The maximum absolute atomic E-state index is 12.6. The molecule has 1 heterocycles. The SMILES string of the molecule is COC(=O)[C@@]12CC[C@](C)(c3nc(C#N)c(C#N)nc31)C2(C)C. The van der Waals surface area contributed by atoms with Crippen LogP contribution < -0.4 is 0 Å². The highest BCUT2D eigenvalue weighted by molar-refractivity contribution is 5.87. The van der Waals surface area contributed by atoms with Gasteiger partial charge in [0, 0.05) is 5.41 Å². The Morgan fingerprint density at radius 3 is 2.14 bits per heavy atom. The first-order valence-electron chi connectivity index (χ1n) is 7.12. The van der Waals surface area contributed by atoms with Crippen molar-refractivity contribution in [3.8, 4) is 12.1 Å². The molecule has 0 aromatic carbocycles. The maximum atomic E-state index is 12.6. The molecule has 1 fully saturated rings. The Morgan fingerprint density at radius 2 is 1.64 bits per heavy atom. The van der Waals surface area contributed by atoms with Crippen LogP contribution in [0.5, 0.6) is 0 Å². The van der Waals surface area contributed by atoms with E-state index in [1.807, 2.05) is 32.9 Å². The molecule has 22 heavy (non-hydrogen) atoms. The first-order valence-corrected chi connectivity index (χ1v) is 7.12. The van der Waals surface area contributed by atoms with Gasteiger partial charge in [-0.15, -0.1) is 0 Å². The van der Waals surface area contributed by atoms with Crippen molar-refractivity contribution in [1.29, 1.82) is 10.5 Å². The molecular formula is C16H16N4O2. The van der Waals surface area contributed by atoms with Crippen LogP contribution in [0, 0.1) is 28.1 Å². The number of carbonyl (C=O) groups is 1. The molecule has 0 spiro atoms. The van der Waals surface area contributed by atoms with Crippen molar-refractivity contribution in [3.63, 3.8) is 0 Å². The molecule has 2 bridgehead atoms. The van der Waals surface area contributed by atoms with E-state index in [4.69, 9.17) is 4.74 Å². The summed E-state index contributed by atoms with van der Waals surface area (Å²) in [6, 6.07) is 3.83. The number of carbonyl (C=O) groups excluding carboxylic acids is 1. The second kappa shape index (κ2) is 4.04. The van der Waals surface area contributed by atoms with Crippen molar-refractivity contribution in [3.05, 3.63) is 22.8 Å². The van der Waals surface area contributed by atoms with E-state index in [1.165, 1.54) is 7.11 Å². The maximum Gasteiger partial charge on any atom is 0.318 e. The second-order valence-corrected chi connectivity index (χ2v) is 6.70. The Balaban J connectivity index is 2.42. The quantitative estimate of drug-likeness (QED) is 0.731. The number of fused-ring (bicyclic) bond motifs is 5. The van der Waals surface area contributed by atoms with Crippen LogP contribution >= 0.6 is 0 Å². The zero-order valence-corrected chi connectivity index (χ0v) is 13.0. The summed E-state index contributed by atoms with van der Waals surface area (Å²) >= 11 is 0. The van der Waals surface area contributed by atoms with Crippen LogP contribution in [0.4, 0.5) is 0 Å². The monoisotopic (exact) mass is 296 g/mol. The van der Waals surface area contributed by atoms with Gasteiger partial charge < -0.3 is 4.74 Å². The predicted molar refractivity (Wildman–Crippen MR) is 75.5 cm³/mol. The number of hydrogen-bond acceptors (Lipinski definition) is 6. The molecule has 0 N–H and O–H groups in total. The van der Waals surface area contributed by atoms with E-state index in [-0.39, 0.29) is 22.8 Å². The Morgan fingerprint density at radius 1 is 1.09 bits per heavy atom. The van der Waals surface area contributed by atoms with E-state index in [9.17, 15) is 15.3 Å². The van der Waals surface area contributed by atoms with E-state index in [2.05, 4.69) is 9.97 Å². The topological polar surface area (TPSA) is 99.7 Å². The standard InChI is InChI=1S/C16H16N4O2/c1-14(2)15(3)5-6-16(14,13(21)22-4)12-11(15)19-9(7-17)10(8-18)20-12/h5-6H2,1-4H3/t15-,16-/m1/s1. The number of nitriles is 2. The van der Waals surface area contributed by atoms with Crippen molar-refractivity contribution in [1.82, 2.24) is 9.97 Å². The summed E-state index contributed by atoms with van der Waals surface area (Å²) in [4.78, 5) is 21.4. The molecule has 2 aliphatic rings. The van der Waals surface area contributed by atoms with Gasteiger partial charge in [0.2, 0.25) is 0 Å². The highest BCUT2D eigenvalue weighted by atomic mass is 16.5. The van der Waals surface area contributed by atoms with Gasteiger partial charge in [0.1, 0.15) is 17.6 Å². The summed E-state index contributed by atoms with van der Waals surface area (Å²) in [5.41, 5.74) is -0.571. The third kappa shape index (κ3) is 1.23. The number of hydrogen-bond donors (Lipinski definition) is 0. The first kappa shape index (κ1) is 14.5. The van der Waals surface area contributed by atoms with Crippen molar-refractivity contribution in [2.45, 2.75) is 44.4 Å². The smallest absolute Gasteiger partial charge is 0.318 e. The second-order valence-electron chi connectivity index (χ2n) is 6.70. The lowest BCUT2D eigenvalue weighted by Gasteiger charge is -2.38. The fourth-order valence-electron chi connectivity index (χ4n) is 4.26. The summed E-state index contributed by atoms with van der Waals surface area (Å²) in [6.45, 7) is 6.07. The van der Waals surface area contributed by atoms with Crippen molar-refractivity contribution in [2.75, 3.05) is 7.11 Å². The average Bonchev–Trinajstić information content (AvgIpc) is 2.81. The van der Waals surface area contributed by atoms with Crippen LogP contribution in [-0.4, -0.2) is 23.0 Å². The molecule has 2 atom stereocenters. The Kier molecular flexibility index (Phi) is 2.66. The summed E-state index contributed by atoms with van der Waals surface area (Å²) in [7, 11) is 1.36. The highest BCUT2D eigenvalue weighted by Crippen LogP contribution is 2.70. The lowest BCUT2D eigenvalue weighted by Crippen LogP contribution is -2.46. The van der Waals surface area contributed by atoms with E-state index in [1.54, 1.807) is 0 Å². The lowest BCUT2D eigenvalue weighted by molar-refractivity contribution is -0.151. The molecule has 0 saturated heterocycles. The van der Waals surface area contributed by atoms with Gasteiger partial charge in [0.05, 0.1) is 18.5 Å². The minimum Gasteiger partial charge on any atom is -0.468 e. The number of nitrogens with zero attached hydrogens (tertiary/aromatic N) is 4. The van der Waals surface area contributed by atoms with Gasteiger partial charge in [-0.3, -0.25) is 4.79 Å². The highest BCUT2D eigenvalue weighted by Gasteiger charge is 2.74. The molecule has 112 valence electrons. The predicted octanol–water partition coefficient (Wildman–Crippen LogP) is 1.72. The Labute approximate surface area is 128 Å². The minimum absolute atomic E-state index is 0.0193. The van der Waals surface area contributed by atoms with Crippen molar-refractivity contribution in [2.24, 2.45) is 5.41 Å². The van der Waals surface area contributed by atoms with Gasteiger partial charge in [0.25, 0.3) is 0 Å². The van der Waals surface area contributed by atoms with E-state index in [0.717, 1.165) is 6.42 Å². The number of methoxy groups -OCH3 is 1. The third-order valence-electron chi connectivity index (χ3n) is 6.01. The van der Waals surface area contributed by atoms with Gasteiger partial charge in [0.15, 0.2) is 11.4 Å². The number of rotatable bonds is 1. The van der Waals surface area contributed by atoms with Crippen LogP contribution in [0.25, 0.3) is 0 Å². The van der Waals surface area contributed by atoms with Gasteiger partial charge in [-0.1, -0.05) is 20.8 Å². The third-order valence-corrected chi connectivity index (χ3v) is 6.01. The molecule has 1 saturated carbocycles. The molecule has 1 aromatic heterocycles. The molecule has 0 aliphatic heterocycles. The molecule has 0 amide bonds. The summed E-state index contributed by atoms with van der Waals surface area (Å²) in [5.74, 6) is -0.345. The molecule has 1 aromatic rings. The summed E-state index contributed by atoms with van der Waals surface area (Å²) < 4.78 is 5.07. The molecular weight excluding hydrogens is 280 g/mol. The van der Waals surface area contributed by atoms with E-state index in [0.29, 0.717) is 17.8 Å². The van der Waals surface area contributed by atoms with Crippen LogP contribution in [-0.2, 0) is 20.4 Å². The lowest BCUT2D eigenvalue weighted by atomic mass is 9.64. The Hall–Kier alpha value is -2.47. The normalized spacial score (nSPS) is 30.3. The van der Waals surface area contributed by atoms with E-state index >= 15 is 0 Å². The zero-order chi connectivity index (χ0) is 16.3. The molecule has 2 aliphatic carbocycles. The summed E-state index contributed by atoms with van der Waals surface area (Å²) in [5, 5.41) is 18.4. The van der Waals surface area contributed by atoms with Crippen molar-refractivity contribution < 1.29 is 9.53 Å². The fourth-order valence-corrected chi connectivity index (χ4v) is 4.26. The Bertz CT molecular complexity index is 787. The number of esters is 1. The number of aromatic nitrogens is 2. The first-order chi connectivity index (χ1) is 10.3. The summed E-state index contributed by atoms with van der Waals surface area (Å²) in [6.07, 6.45) is 1.38.